The van der Waals surface area contributed by atoms with Crippen LogP contribution in [0.5, 0.6) is 0 Å². The fourth-order valence-electron chi connectivity index (χ4n) is 2.20. The molecular weight excluding hydrogens is 372 g/mol. The third-order valence-electron chi connectivity index (χ3n) is 3.65. The summed E-state index contributed by atoms with van der Waals surface area (Å²) in [6, 6.07) is 5.77. The van der Waals surface area contributed by atoms with Crippen LogP contribution >= 0.6 is 11.3 Å². The standard InChI is InChI=1S/C16H14N6O4S/c1-8-9(2)27-16(19-8)21-14-12(22(25)26)13(17-7-18-14)20-11-5-3-10(4-6-11)15(23)24/h3-7H,1-2H3,(H,23,24)(H2,17,18,19,20,21). The number of rotatable bonds is 6. The molecular formula is C16H14N6O4S. The Kier molecular flexibility index (Phi) is 4.94. The van der Waals surface area contributed by atoms with E-state index in [2.05, 4.69) is 25.6 Å². The van der Waals surface area contributed by atoms with Crippen molar-refractivity contribution in [3.05, 3.63) is 56.8 Å². The monoisotopic (exact) mass is 386 g/mol. The summed E-state index contributed by atoms with van der Waals surface area (Å²) in [5.74, 6) is -1.07. The number of benzene rings is 1. The van der Waals surface area contributed by atoms with Gasteiger partial charge >= 0.3 is 11.7 Å². The molecule has 0 spiro atoms. The second kappa shape index (κ2) is 7.33. The number of nitrogens with zero attached hydrogens (tertiary/aromatic N) is 4. The van der Waals surface area contributed by atoms with Gasteiger partial charge < -0.3 is 15.7 Å². The predicted octanol–water partition coefficient (Wildman–Crippen LogP) is 3.64. The van der Waals surface area contributed by atoms with Crippen LogP contribution in [0, 0.1) is 24.0 Å². The van der Waals surface area contributed by atoms with E-state index >= 15 is 0 Å². The van der Waals surface area contributed by atoms with E-state index in [9.17, 15) is 14.9 Å². The number of hydrogen-bond donors (Lipinski definition) is 3. The van der Waals surface area contributed by atoms with Crippen molar-refractivity contribution in [2.45, 2.75) is 13.8 Å². The van der Waals surface area contributed by atoms with Crippen LogP contribution in [0.1, 0.15) is 20.9 Å². The van der Waals surface area contributed by atoms with E-state index in [0.29, 0.717) is 10.8 Å². The lowest BCUT2D eigenvalue weighted by molar-refractivity contribution is -0.383. The van der Waals surface area contributed by atoms with Crippen LogP contribution in [0.3, 0.4) is 0 Å². The van der Waals surface area contributed by atoms with Crippen molar-refractivity contribution in [1.82, 2.24) is 15.0 Å². The van der Waals surface area contributed by atoms with Crippen molar-refractivity contribution in [3.8, 4) is 0 Å². The van der Waals surface area contributed by atoms with Gasteiger partial charge in [-0.1, -0.05) is 0 Å². The molecule has 3 aromatic rings. The number of thiazole rings is 1. The highest BCUT2D eigenvalue weighted by Gasteiger charge is 2.24. The van der Waals surface area contributed by atoms with Crippen molar-refractivity contribution < 1.29 is 14.8 Å². The zero-order valence-electron chi connectivity index (χ0n) is 14.3. The number of carbonyl (C=O) groups is 1. The van der Waals surface area contributed by atoms with E-state index in [-0.39, 0.29) is 22.9 Å². The summed E-state index contributed by atoms with van der Waals surface area (Å²) >= 11 is 1.36. The molecule has 0 bridgehead atoms. The summed E-state index contributed by atoms with van der Waals surface area (Å²) < 4.78 is 0. The first-order valence-electron chi connectivity index (χ1n) is 7.66. The molecule has 2 heterocycles. The molecule has 0 saturated heterocycles. The molecule has 3 rings (SSSR count). The fourth-order valence-corrected chi connectivity index (χ4v) is 3.01. The maximum atomic E-state index is 11.6. The Balaban J connectivity index is 1.93. The van der Waals surface area contributed by atoms with Crippen molar-refractivity contribution in [3.63, 3.8) is 0 Å². The van der Waals surface area contributed by atoms with Crippen LogP contribution in [0.4, 0.5) is 28.1 Å². The minimum atomic E-state index is -1.06. The molecule has 138 valence electrons. The Bertz CT molecular complexity index is 999. The van der Waals surface area contributed by atoms with Gasteiger partial charge in [0, 0.05) is 10.6 Å². The Hall–Kier alpha value is -3.60. The maximum absolute atomic E-state index is 11.6. The number of anilines is 4. The first-order chi connectivity index (χ1) is 12.8. The number of nitrogens with one attached hydrogen (secondary N) is 2. The normalized spacial score (nSPS) is 10.4. The molecule has 0 atom stereocenters. The number of aromatic nitrogens is 3. The predicted molar refractivity (Wildman–Crippen MR) is 100 cm³/mol. The smallest absolute Gasteiger partial charge is 0.353 e. The summed E-state index contributed by atoms with van der Waals surface area (Å²) in [7, 11) is 0. The average molecular weight is 386 g/mol. The van der Waals surface area contributed by atoms with E-state index < -0.39 is 10.9 Å². The lowest BCUT2D eigenvalue weighted by atomic mass is 10.2. The maximum Gasteiger partial charge on any atom is 0.353 e. The van der Waals surface area contributed by atoms with E-state index in [1.165, 1.54) is 41.9 Å². The molecule has 0 unspecified atom stereocenters. The second-order valence-electron chi connectivity index (χ2n) is 5.47. The first kappa shape index (κ1) is 18.2. The van der Waals surface area contributed by atoms with Crippen molar-refractivity contribution >= 4 is 45.4 Å². The van der Waals surface area contributed by atoms with Crippen LogP contribution in [-0.4, -0.2) is 31.0 Å². The number of aromatic carboxylic acids is 1. The molecule has 0 aliphatic heterocycles. The number of carboxylic acids is 1. The number of carboxylic acid groups (broad SMARTS) is 1. The van der Waals surface area contributed by atoms with Gasteiger partial charge in [0.25, 0.3) is 0 Å². The van der Waals surface area contributed by atoms with Gasteiger partial charge in [0.2, 0.25) is 11.6 Å². The minimum Gasteiger partial charge on any atom is -0.478 e. The van der Waals surface area contributed by atoms with Crippen molar-refractivity contribution in [2.75, 3.05) is 10.6 Å². The molecule has 0 radical (unpaired) electrons. The Morgan fingerprint density at radius 3 is 2.30 bits per heavy atom. The van der Waals surface area contributed by atoms with Crippen LogP contribution in [-0.2, 0) is 0 Å². The number of hydrogen-bond acceptors (Lipinski definition) is 9. The van der Waals surface area contributed by atoms with Crippen LogP contribution in [0.25, 0.3) is 0 Å². The highest BCUT2D eigenvalue weighted by molar-refractivity contribution is 7.15. The summed E-state index contributed by atoms with van der Waals surface area (Å²) in [6.45, 7) is 3.75. The summed E-state index contributed by atoms with van der Waals surface area (Å²) in [5.41, 5.74) is 1.05. The third kappa shape index (κ3) is 3.98. The lowest BCUT2D eigenvalue weighted by Crippen LogP contribution is -2.05. The molecule has 3 N–H and O–H groups in total. The molecule has 27 heavy (non-hydrogen) atoms. The molecule has 0 aliphatic carbocycles. The molecule has 1 aromatic carbocycles. The van der Waals surface area contributed by atoms with Gasteiger partial charge in [-0.2, -0.15) is 0 Å². The van der Waals surface area contributed by atoms with Gasteiger partial charge in [0.15, 0.2) is 5.13 Å². The van der Waals surface area contributed by atoms with Crippen LogP contribution in [0.2, 0.25) is 0 Å². The molecule has 0 fully saturated rings. The van der Waals surface area contributed by atoms with Gasteiger partial charge in [-0.05, 0) is 38.1 Å². The minimum absolute atomic E-state index is 0.00778. The van der Waals surface area contributed by atoms with Gasteiger partial charge in [0.1, 0.15) is 6.33 Å². The number of aryl methyl sites for hydroxylation is 2. The van der Waals surface area contributed by atoms with Crippen molar-refractivity contribution in [2.24, 2.45) is 0 Å². The fraction of sp³-hybridized carbons (Fsp3) is 0.125. The molecule has 2 aromatic heterocycles. The van der Waals surface area contributed by atoms with Gasteiger partial charge in [-0.3, -0.25) is 10.1 Å². The van der Waals surface area contributed by atoms with Crippen LogP contribution < -0.4 is 10.6 Å². The molecule has 0 saturated carbocycles. The third-order valence-corrected chi connectivity index (χ3v) is 4.64. The molecule has 11 heteroatoms. The molecule has 0 aliphatic rings. The highest BCUT2D eigenvalue weighted by atomic mass is 32.1. The highest BCUT2D eigenvalue weighted by Crippen LogP contribution is 2.34. The first-order valence-corrected chi connectivity index (χ1v) is 8.47. The van der Waals surface area contributed by atoms with E-state index in [4.69, 9.17) is 5.11 Å². The van der Waals surface area contributed by atoms with Gasteiger partial charge in [-0.25, -0.2) is 19.7 Å². The Morgan fingerprint density at radius 2 is 1.78 bits per heavy atom. The summed E-state index contributed by atoms with van der Waals surface area (Å²) in [6.07, 6.45) is 1.19. The summed E-state index contributed by atoms with van der Waals surface area (Å²) in [5, 5.41) is 26.7. The van der Waals surface area contributed by atoms with Crippen LogP contribution in [0.15, 0.2) is 30.6 Å². The van der Waals surface area contributed by atoms with Gasteiger partial charge in [-0.15, -0.1) is 11.3 Å². The largest absolute Gasteiger partial charge is 0.478 e. The zero-order chi connectivity index (χ0) is 19.6. The van der Waals surface area contributed by atoms with Gasteiger partial charge in [0.05, 0.1) is 16.2 Å². The van der Waals surface area contributed by atoms with E-state index in [1.807, 2.05) is 13.8 Å². The number of nitro groups is 1. The van der Waals surface area contributed by atoms with Crippen molar-refractivity contribution in [1.29, 1.82) is 0 Å². The SMILES string of the molecule is Cc1nc(Nc2ncnc(Nc3ccc(C(=O)O)cc3)c2[N+](=O)[O-])sc1C. The van der Waals surface area contributed by atoms with E-state index in [0.717, 1.165) is 10.6 Å². The topological polar surface area (TPSA) is 143 Å². The quantitative estimate of drug-likeness (QED) is 0.427. The average Bonchev–Trinajstić information content (AvgIpc) is 2.92. The summed E-state index contributed by atoms with van der Waals surface area (Å²) in [4.78, 5) is 35.1. The molecule has 10 nitrogen and oxygen atoms in total. The van der Waals surface area contributed by atoms with E-state index in [1.54, 1.807) is 0 Å². The second-order valence-corrected chi connectivity index (χ2v) is 6.67. The lowest BCUT2D eigenvalue weighted by Gasteiger charge is -2.09. The molecule has 0 amide bonds. The Morgan fingerprint density at radius 1 is 1.15 bits per heavy atom. The Labute approximate surface area is 157 Å². The zero-order valence-corrected chi connectivity index (χ0v) is 15.1.